The van der Waals surface area contributed by atoms with Gasteiger partial charge in [-0.1, -0.05) is 13.8 Å². The topological polar surface area (TPSA) is 109 Å². The van der Waals surface area contributed by atoms with E-state index in [0.29, 0.717) is 18.4 Å². The fourth-order valence-electron chi connectivity index (χ4n) is 1.94. The first-order chi connectivity index (χ1) is 9.38. The Morgan fingerprint density at radius 3 is 2.65 bits per heavy atom. The van der Waals surface area contributed by atoms with Gasteiger partial charge in [0.2, 0.25) is 5.95 Å². The molecule has 0 aromatic carbocycles. The summed E-state index contributed by atoms with van der Waals surface area (Å²) < 4.78 is 1.43. The Hall–Kier alpha value is -2.12. The predicted molar refractivity (Wildman–Crippen MR) is 73.2 cm³/mol. The van der Waals surface area contributed by atoms with Gasteiger partial charge in [0.15, 0.2) is 0 Å². The maximum absolute atomic E-state index is 11.7. The molecular weight excluding hydrogens is 262 g/mol. The van der Waals surface area contributed by atoms with Gasteiger partial charge in [-0.05, 0) is 18.3 Å². The quantitative estimate of drug-likeness (QED) is 0.693. The van der Waals surface area contributed by atoms with Crippen LogP contribution in [0, 0.1) is 11.8 Å². The summed E-state index contributed by atoms with van der Waals surface area (Å²) in [6, 6.07) is -0.416. The highest BCUT2D eigenvalue weighted by Gasteiger charge is 2.16. The zero-order valence-corrected chi connectivity index (χ0v) is 12.0. The Balaban J connectivity index is 2.43. The molecule has 1 aromatic heterocycles. The molecule has 1 atom stereocenters. The van der Waals surface area contributed by atoms with Crippen molar-refractivity contribution in [1.29, 1.82) is 0 Å². The highest BCUT2D eigenvalue weighted by atomic mass is 16.4. The normalized spacial score (nSPS) is 12.2. The number of urea groups is 1. The van der Waals surface area contributed by atoms with Crippen molar-refractivity contribution in [1.82, 2.24) is 20.1 Å². The Morgan fingerprint density at radius 1 is 1.45 bits per heavy atom. The number of hydrogen-bond acceptors (Lipinski definition) is 4. The van der Waals surface area contributed by atoms with Crippen LogP contribution in [-0.2, 0) is 11.8 Å². The predicted octanol–water partition coefficient (Wildman–Crippen LogP) is 1.07. The molecule has 0 saturated heterocycles. The minimum absolute atomic E-state index is 0.0441. The van der Waals surface area contributed by atoms with Crippen molar-refractivity contribution >= 4 is 17.9 Å². The fraction of sp³-hybridized carbons (Fsp3) is 0.667. The van der Waals surface area contributed by atoms with E-state index in [9.17, 15) is 9.59 Å². The first kappa shape index (κ1) is 15.9. The smallest absolute Gasteiger partial charge is 0.321 e. The molecule has 0 aliphatic carbocycles. The molecule has 0 spiro atoms. The molecule has 0 unspecified atom stereocenters. The van der Waals surface area contributed by atoms with Gasteiger partial charge in [-0.2, -0.15) is 10.1 Å². The van der Waals surface area contributed by atoms with Crippen LogP contribution in [-0.4, -0.2) is 38.4 Å². The maximum atomic E-state index is 11.7. The van der Waals surface area contributed by atoms with E-state index in [-0.39, 0.29) is 12.3 Å². The van der Waals surface area contributed by atoms with Crippen LogP contribution in [0.25, 0.3) is 0 Å². The molecule has 1 aromatic rings. The molecule has 3 N–H and O–H groups in total. The van der Waals surface area contributed by atoms with Gasteiger partial charge in [-0.3, -0.25) is 10.1 Å². The molecule has 0 aliphatic rings. The lowest BCUT2D eigenvalue weighted by molar-refractivity contribution is -0.138. The van der Waals surface area contributed by atoms with Crippen molar-refractivity contribution in [3.63, 3.8) is 0 Å². The number of amides is 2. The summed E-state index contributed by atoms with van der Waals surface area (Å²) in [5, 5.41) is 17.9. The maximum Gasteiger partial charge on any atom is 0.321 e. The number of anilines is 1. The molecule has 0 aliphatic heterocycles. The lowest BCUT2D eigenvalue weighted by Gasteiger charge is -2.17. The zero-order chi connectivity index (χ0) is 15.1. The second-order valence-electron chi connectivity index (χ2n) is 5.14. The van der Waals surface area contributed by atoms with E-state index in [2.05, 4.69) is 20.7 Å². The number of aliphatic carboxylic acids is 1. The molecule has 112 valence electrons. The van der Waals surface area contributed by atoms with E-state index < -0.39 is 12.0 Å². The van der Waals surface area contributed by atoms with Crippen LogP contribution < -0.4 is 10.6 Å². The Morgan fingerprint density at radius 2 is 2.15 bits per heavy atom. The second-order valence-corrected chi connectivity index (χ2v) is 5.14. The van der Waals surface area contributed by atoms with Gasteiger partial charge in [-0.15, -0.1) is 0 Å². The average molecular weight is 283 g/mol. The van der Waals surface area contributed by atoms with Crippen molar-refractivity contribution in [2.75, 3.05) is 11.9 Å². The van der Waals surface area contributed by atoms with Crippen LogP contribution in [0.3, 0.4) is 0 Å². The van der Waals surface area contributed by atoms with E-state index in [1.165, 1.54) is 11.0 Å². The molecule has 8 heteroatoms. The third-order valence-corrected chi connectivity index (χ3v) is 2.76. The Kier molecular flexibility index (Phi) is 5.95. The number of carbonyl (C=O) groups excluding carboxylic acids is 1. The van der Waals surface area contributed by atoms with E-state index >= 15 is 0 Å². The highest BCUT2D eigenvalue weighted by Crippen LogP contribution is 2.14. The molecule has 2 amide bonds. The molecule has 1 rings (SSSR count). The van der Waals surface area contributed by atoms with E-state index in [0.717, 1.165) is 6.42 Å². The van der Waals surface area contributed by atoms with Gasteiger partial charge in [-0.25, -0.2) is 9.48 Å². The molecular formula is C12H21N5O3. The first-order valence-corrected chi connectivity index (χ1v) is 6.49. The minimum Gasteiger partial charge on any atom is -0.481 e. The third-order valence-electron chi connectivity index (χ3n) is 2.76. The molecule has 0 saturated carbocycles. The number of nitrogens with zero attached hydrogens (tertiary/aromatic N) is 3. The molecule has 0 bridgehead atoms. The van der Waals surface area contributed by atoms with Crippen LogP contribution >= 0.6 is 0 Å². The largest absolute Gasteiger partial charge is 0.481 e. The van der Waals surface area contributed by atoms with Crippen LogP contribution in [0.2, 0.25) is 0 Å². The molecule has 0 fully saturated rings. The van der Waals surface area contributed by atoms with Crippen LogP contribution in [0.4, 0.5) is 10.7 Å². The van der Waals surface area contributed by atoms with Crippen molar-refractivity contribution in [3.05, 3.63) is 6.33 Å². The SMILES string of the molecule is CC(C)C[C@H](CNC(=O)Nc1ncnn1C)CC(=O)O. The van der Waals surface area contributed by atoms with E-state index in [4.69, 9.17) is 5.11 Å². The van der Waals surface area contributed by atoms with Gasteiger partial charge < -0.3 is 10.4 Å². The summed E-state index contributed by atoms with van der Waals surface area (Å²) in [5.41, 5.74) is 0. The zero-order valence-electron chi connectivity index (χ0n) is 12.0. The Labute approximate surface area is 117 Å². The fourth-order valence-corrected chi connectivity index (χ4v) is 1.94. The first-order valence-electron chi connectivity index (χ1n) is 6.49. The van der Waals surface area contributed by atoms with E-state index in [1.807, 2.05) is 13.8 Å². The number of carboxylic acid groups (broad SMARTS) is 1. The summed E-state index contributed by atoms with van der Waals surface area (Å²) >= 11 is 0. The second kappa shape index (κ2) is 7.46. The van der Waals surface area contributed by atoms with Gasteiger partial charge in [0.05, 0.1) is 0 Å². The summed E-state index contributed by atoms with van der Waals surface area (Å²) in [6.07, 6.45) is 2.13. The molecule has 1 heterocycles. The molecule has 0 radical (unpaired) electrons. The monoisotopic (exact) mass is 283 g/mol. The summed E-state index contributed by atoms with van der Waals surface area (Å²) in [4.78, 5) is 26.3. The number of aryl methyl sites for hydroxylation is 1. The molecule has 8 nitrogen and oxygen atoms in total. The number of nitrogens with one attached hydrogen (secondary N) is 2. The van der Waals surface area contributed by atoms with Crippen molar-refractivity contribution in [3.8, 4) is 0 Å². The van der Waals surface area contributed by atoms with Crippen LogP contribution in [0.5, 0.6) is 0 Å². The summed E-state index contributed by atoms with van der Waals surface area (Å²) in [7, 11) is 1.66. The van der Waals surface area contributed by atoms with Crippen molar-refractivity contribution in [2.24, 2.45) is 18.9 Å². The van der Waals surface area contributed by atoms with Crippen molar-refractivity contribution < 1.29 is 14.7 Å². The van der Waals surface area contributed by atoms with Gasteiger partial charge in [0.25, 0.3) is 0 Å². The lowest BCUT2D eigenvalue weighted by atomic mass is 9.94. The summed E-state index contributed by atoms with van der Waals surface area (Å²) in [6.45, 7) is 4.36. The number of hydrogen-bond donors (Lipinski definition) is 3. The van der Waals surface area contributed by atoms with E-state index in [1.54, 1.807) is 7.05 Å². The average Bonchev–Trinajstić information content (AvgIpc) is 2.70. The number of carbonyl (C=O) groups is 2. The van der Waals surface area contributed by atoms with Crippen LogP contribution in [0.15, 0.2) is 6.33 Å². The van der Waals surface area contributed by atoms with Crippen LogP contribution in [0.1, 0.15) is 26.7 Å². The third kappa shape index (κ3) is 5.68. The van der Waals surface area contributed by atoms with Gasteiger partial charge >= 0.3 is 12.0 Å². The summed E-state index contributed by atoms with van der Waals surface area (Å²) in [5.74, 6) is -0.229. The number of rotatable bonds is 7. The standard InChI is InChI=1S/C12H21N5O3/c1-8(2)4-9(5-10(18)19)6-13-12(20)16-11-14-7-15-17(11)3/h7-9H,4-6H2,1-3H3,(H,18,19)(H2,13,14,15,16,20)/t9-/m0/s1. The Bertz CT molecular complexity index is 458. The van der Waals surface area contributed by atoms with Crippen molar-refractivity contribution in [2.45, 2.75) is 26.7 Å². The number of aromatic nitrogens is 3. The highest BCUT2D eigenvalue weighted by molar-refractivity contribution is 5.87. The lowest BCUT2D eigenvalue weighted by Crippen LogP contribution is -2.35. The number of carboxylic acids is 1. The van der Waals surface area contributed by atoms with Gasteiger partial charge in [0, 0.05) is 20.0 Å². The van der Waals surface area contributed by atoms with Gasteiger partial charge in [0.1, 0.15) is 6.33 Å². The minimum atomic E-state index is -0.855. The molecule has 20 heavy (non-hydrogen) atoms.